The molecule has 2 heterocycles. The Morgan fingerprint density at radius 1 is 1.07 bits per heavy atom. The molecular formula is C28H32F3N7O2. The molecule has 1 aliphatic heterocycles. The quantitative estimate of drug-likeness (QED) is 0.356. The number of anilines is 3. The lowest BCUT2D eigenvalue weighted by Crippen LogP contribution is -2.36. The molecule has 4 rings (SSSR count). The van der Waals surface area contributed by atoms with Crippen LogP contribution in [0.4, 0.5) is 30.2 Å². The van der Waals surface area contributed by atoms with Crippen molar-refractivity contribution in [3.63, 3.8) is 0 Å². The third kappa shape index (κ3) is 6.64. The SMILES string of the molecule is COc1cncc(C2=CN(c3cc(C(=O)Nc4ccc(N(C)CCN(C)C)c(C(F)(F)F)c4)ccc3C)NN2)c1. The fourth-order valence-corrected chi connectivity index (χ4v) is 4.13. The third-order valence-electron chi connectivity index (χ3n) is 6.41. The minimum Gasteiger partial charge on any atom is -0.495 e. The number of ether oxygens (including phenoxy) is 1. The van der Waals surface area contributed by atoms with Crippen LogP contribution in [0.2, 0.25) is 0 Å². The van der Waals surface area contributed by atoms with E-state index in [0.29, 0.717) is 24.5 Å². The molecule has 40 heavy (non-hydrogen) atoms. The fourth-order valence-electron chi connectivity index (χ4n) is 4.13. The number of nitrogens with one attached hydrogen (secondary N) is 3. The largest absolute Gasteiger partial charge is 0.495 e. The van der Waals surface area contributed by atoms with Gasteiger partial charge in [0, 0.05) is 55.0 Å². The molecule has 3 aromatic rings. The Bertz CT molecular complexity index is 1410. The summed E-state index contributed by atoms with van der Waals surface area (Å²) in [7, 11) is 6.89. The van der Waals surface area contributed by atoms with Crippen LogP contribution in [-0.2, 0) is 6.18 Å². The normalized spacial score (nSPS) is 13.2. The van der Waals surface area contributed by atoms with Gasteiger partial charge in [-0.3, -0.25) is 14.8 Å². The van der Waals surface area contributed by atoms with E-state index in [1.807, 2.05) is 38.2 Å². The minimum absolute atomic E-state index is 0.0476. The molecule has 3 N–H and O–H groups in total. The molecule has 9 nitrogen and oxygen atoms in total. The van der Waals surface area contributed by atoms with E-state index in [1.54, 1.807) is 54.7 Å². The summed E-state index contributed by atoms with van der Waals surface area (Å²) in [5.74, 6) is 0.0758. The van der Waals surface area contributed by atoms with Gasteiger partial charge in [-0.1, -0.05) is 6.07 Å². The lowest BCUT2D eigenvalue weighted by molar-refractivity contribution is -0.137. The van der Waals surface area contributed by atoms with Gasteiger partial charge < -0.3 is 25.3 Å². The highest BCUT2D eigenvalue weighted by molar-refractivity contribution is 6.05. The molecule has 1 aliphatic rings. The van der Waals surface area contributed by atoms with Crippen molar-refractivity contribution in [3.8, 4) is 5.75 Å². The maximum absolute atomic E-state index is 13.9. The van der Waals surface area contributed by atoms with Crippen LogP contribution in [0.1, 0.15) is 27.0 Å². The van der Waals surface area contributed by atoms with Gasteiger partial charge in [-0.15, -0.1) is 5.53 Å². The average molecular weight is 556 g/mol. The van der Waals surface area contributed by atoms with Crippen molar-refractivity contribution < 1.29 is 22.7 Å². The summed E-state index contributed by atoms with van der Waals surface area (Å²) in [6.07, 6.45) is 0.507. The molecule has 0 fully saturated rings. The molecule has 0 aliphatic carbocycles. The first-order chi connectivity index (χ1) is 19.0. The highest BCUT2D eigenvalue weighted by atomic mass is 19.4. The van der Waals surface area contributed by atoms with Crippen molar-refractivity contribution in [2.45, 2.75) is 13.1 Å². The third-order valence-corrected chi connectivity index (χ3v) is 6.41. The number of amides is 1. The first kappa shape index (κ1) is 28.7. The van der Waals surface area contributed by atoms with Crippen LogP contribution in [0.15, 0.2) is 61.1 Å². The maximum Gasteiger partial charge on any atom is 0.418 e. The molecule has 2 aromatic carbocycles. The van der Waals surface area contributed by atoms with E-state index in [1.165, 1.54) is 12.1 Å². The second-order valence-electron chi connectivity index (χ2n) is 9.67. The van der Waals surface area contributed by atoms with Crippen LogP contribution in [0, 0.1) is 6.92 Å². The Balaban J connectivity index is 1.55. The zero-order chi connectivity index (χ0) is 29.0. The number of hydrogen-bond donors (Lipinski definition) is 3. The van der Waals surface area contributed by atoms with Crippen LogP contribution >= 0.6 is 0 Å². The summed E-state index contributed by atoms with van der Waals surface area (Å²) in [6, 6.07) is 10.7. The number of methoxy groups -OCH3 is 1. The number of carbonyl (C=O) groups is 1. The fraction of sp³-hybridized carbons (Fsp3) is 0.286. The lowest BCUT2D eigenvalue weighted by atomic mass is 10.1. The lowest BCUT2D eigenvalue weighted by Gasteiger charge is -2.25. The summed E-state index contributed by atoms with van der Waals surface area (Å²) in [5.41, 5.74) is 8.75. The summed E-state index contributed by atoms with van der Waals surface area (Å²) in [5, 5.41) is 4.32. The number of aromatic nitrogens is 1. The molecule has 1 aromatic heterocycles. The van der Waals surface area contributed by atoms with E-state index < -0.39 is 17.6 Å². The van der Waals surface area contributed by atoms with E-state index in [2.05, 4.69) is 21.3 Å². The molecule has 0 unspecified atom stereocenters. The molecule has 212 valence electrons. The van der Waals surface area contributed by atoms with Gasteiger partial charge >= 0.3 is 6.18 Å². The Morgan fingerprint density at radius 3 is 2.55 bits per heavy atom. The standard InChI is InChI=1S/C28H32F3N7O2/c1-18-6-7-19(13-26(18)38-17-24(34-35-38)20-12-22(40-5)16-32-15-20)27(39)33-21-8-9-25(23(14-21)28(29,30)31)37(4)11-10-36(2)3/h6-9,12-17,34-35H,10-11H2,1-5H3,(H,33,39). The van der Waals surface area contributed by atoms with Crippen LogP contribution < -0.4 is 30.9 Å². The zero-order valence-electron chi connectivity index (χ0n) is 22.9. The average Bonchev–Trinajstić information content (AvgIpc) is 3.41. The van der Waals surface area contributed by atoms with Crippen molar-refractivity contribution in [1.82, 2.24) is 20.8 Å². The molecule has 0 atom stereocenters. The highest BCUT2D eigenvalue weighted by Gasteiger charge is 2.35. The molecule has 0 bridgehead atoms. The van der Waals surface area contributed by atoms with Gasteiger partial charge in [0.05, 0.1) is 30.3 Å². The van der Waals surface area contributed by atoms with Gasteiger partial charge in [0.2, 0.25) is 0 Å². The topological polar surface area (TPSA) is 85.0 Å². The van der Waals surface area contributed by atoms with Crippen molar-refractivity contribution in [2.75, 3.05) is 56.6 Å². The first-order valence-corrected chi connectivity index (χ1v) is 12.5. The van der Waals surface area contributed by atoms with Gasteiger partial charge in [-0.05, 0) is 63.0 Å². The summed E-state index contributed by atoms with van der Waals surface area (Å²) >= 11 is 0. The Labute approximate surface area is 231 Å². The minimum atomic E-state index is -4.59. The first-order valence-electron chi connectivity index (χ1n) is 12.5. The molecule has 12 heteroatoms. The monoisotopic (exact) mass is 555 g/mol. The number of alkyl halides is 3. The van der Waals surface area contributed by atoms with Gasteiger partial charge in [0.25, 0.3) is 5.91 Å². The van der Waals surface area contributed by atoms with E-state index in [9.17, 15) is 18.0 Å². The van der Waals surface area contributed by atoms with Gasteiger partial charge in [-0.2, -0.15) is 13.2 Å². The smallest absolute Gasteiger partial charge is 0.418 e. The van der Waals surface area contributed by atoms with Gasteiger partial charge in [-0.25, -0.2) is 0 Å². The molecule has 0 spiro atoms. The molecule has 0 saturated carbocycles. The van der Waals surface area contributed by atoms with Crippen molar-refractivity contribution in [3.05, 3.63) is 83.3 Å². The van der Waals surface area contributed by atoms with Crippen molar-refractivity contribution in [1.29, 1.82) is 0 Å². The van der Waals surface area contributed by atoms with Crippen LogP contribution in [0.3, 0.4) is 0 Å². The summed E-state index contributed by atoms with van der Waals surface area (Å²) in [6.45, 7) is 2.90. The number of pyridine rings is 1. The zero-order valence-corrected chi connectivity index (χ0v) is 22.9. The molecule has 0 radical (unpaired) electrons. The maximum atomic E-state index is 13.9. The molecule has 1 amide bonds. The van der Waals surface area contributed by atoms with E-state index in [0.717, 1.165) is 22.9 Å². The highest BCUT2D eigenvalue weighted by Crippen LogP contribution is 2.38. The molecule has 0 saturated heterocycles. The van der Waals surface area contributed by atoms with Gasteiger partial charge in [0.15, 0.2) is 0 Å². The number of hydrogen-bond acceptors (Lipinski definition) is 8. The number of carbonyl (C=O) groups excluding carboxylic acids is 1. The van der Waals surface area contributed by atoms with Crippen LogP contribution in [0.25, 0.3) is 5.70 Å². The summed E-state index contributed by atoms with van der Waals surface area (Å²) < 4.78 is 47.0. The van der Waals surface area contributed by atoms with E-state index in [-0.39, 0.29) is 16.9 Å². The van der Waals surface area contributed by atoms with Gasteiger partial charge in [0.1, 0.15) is 5.75 Å². The Hall–Kier alpha value is -4.29. The van der Waals surface area contributed by atoms with Crippen molar-refractivity contribution >= 4 is 28.7 Å². The van der Waals surface area contributed by atoms with E-state index >= 15 is 0 Å². The number of nitrogens with zero attached hydrogens (tertiary/aromatic N) is 4. The summed E-state index contributed by atoms with van der Waals surface area (Å²) in [4.78, 5) is 20.7. The van der Waals surface area contributed by atoms with Crippen molar-refractivity contribution in [2.24, 2.45) is 0 Å². The number of benzene rings is 2. The number of halogens is 3. The Kier molecular flexibility index (Phi) is 8.50. The number of aryl methyl sites for hydroxylation is 1. The second-order valence-corrected chi connectivity index (χ2v) is 9.67. The predicted molar refractivity (Wildman–Crippen MR) is 150 cm³/mol. The molecular weight excluding hydrogens is 523 g/mol. The number of likely N-dealkylation sites (N-methyl/N-ethyl adjacent to an activating group) is 2. The Morgan fingerprint density at radius 2 is 1.85 bits per heavy atom. The predicted octanol–water partition coefficient (Wildman–Crippen LogP) is 4.50. The second kappa shape index (κ2) is 11.8. The van der Waals surface area contributed by atoms with E-state index in [4.69, 9.17) is 4.74 Å². The van der Waals surface area contributed by atoms with Crippen LogP contribution in [0.5, 0.6) is 5.75 Å². The number of hydrazine groups is 2. The number of rotatable bonds is 9. The van der Waals surface area contributed by atoms with Crippen LogP contribution in [-0.4, -0.2) is 57.1 Å².